The Kier molecular flexibility index (Phi) is 4.17. The van der Waals surface area contributed by atoms with Crippen molar-refractivity contribution in [3.8, 4) is 10.6 Å². The van der Waals surface area contributed by atoms with E-state index in [1.807, 2.05) is 6.92 Å². The van der Waals surface area contributed by atoms with Gasteiger partial charge in [-0.3, -0.25) is 0 Å². The first-order valence-electron chi connectivity index (χ1n) is 7.49. The smallest absolute Gasteiger partial charge is 0.149 e. The normalized spacial score (nSPS) is 16.9. The molecule has 1 aliphatic rings. The second-order valence-electron chi connectivity index (χ2n) is 6.11. The Morgan fingerprint density at radius 3 is 2.62 bits per heavy atom. The van der Waals surface area contributed by atoms with Gasteiger partial charge in [-0.05, 0) is 43.1 Å². The minimum absolute atomic E-state index is 0.621. The summed E-state index contributed by atoms with van der Waals surface area (Å²) in [5.41, 5.74) is 8.19. The Balaban J connectivity index is 1.84. The molecular weight excluding hydrogens is 300 g/mol. The molecule has 0 aliphatic carbocycles. The molecule has 2 aromatic rings. The summed E-state index contributed by atoms with van der Waals surface area (Å²) in [5, 5.41) is 4.27. The van der Waals surface area contributed by atoms with Gasteiger partial charge in [0.25, 0.3) is 0 Å². The topological polar surface area (TPSA) is 55.0 Å². The lowest BCUT2D eigenvalue weighted by Gasteiger charge is -2.34. The van der Waals surface area contributed by atoms with E-state index in [1.54, 1.807) is 11.3 Å². The van der Waals surface area contributed by atoms with Gasteiger partial charge in [-0.1, -0.05) is 13.8 Å². The molecule has 0 spiro atoms. The molecule has 0 saturated carbocycles. The van der Waals surface area contributed by atoms with E-state index in [4.69, 9.17) is 5.73 Å². The summed E-state index contributed by atoms with van der Waals surface area (Å²) in [6.45, 7) is 8.87. The highest BCUT2D eigenvalue weighted by Crippen LogP contribution is 2.42. The number of aryl methyl sites for hydroxylation is 1. The van der Waals surface area contributed by atoms with E-state index in [0.717, 1.165) is 41.2 Å². The zero-order chi connectivity index (χ0) is 15.0. The van der Waals surface area contributed by atoms with E-state index < -0.39 is 0 Å². The number of thiazole rings is 1. The molecule has 3 rings (SSSR count). The van der Waals surface area contributed by atoms with E-state index in [2.05, 4.69) is 33.5 Å². The highest BCUT2D eigenvalue weighted by Gasteiger charge is 2.26. The van der Waals surface area contributed by atoms with Crippen molar-refractivity contribution in [3.05, 3.63) is 11.1 Å². The van der Waals surface area contributed by atoms with Crippen LogP contribution in [0.1, 0.15) is 32.4 Å². The summed E-state index contributed by atoms with van der Waals surface area (Å²) in [6.07, 6.45) is 2.51. The van der Waals surface area contributed by atoms with Gasteiger partial charge in [-0.25, -0.2) is 4.98 Å². The van der Waals surface area contributed by atoms with Crippen molar-refractivity contribution < 1.29 is 0 Å². The van der Waals surface area contributed by atoms with Gasteiger partial charge in [0.1, 0.15) is 15.8 Å². The van der Waals surface area contributed by atoms with Crippen LogP contribution in [0.25, 0.3) is 10.6 Å². The number of rotatable bonds is 3. The van der Waals surface area contributed by atoms with Crippen molar-refractivity contribution in [2.75, 3.05) is 23.7 Å². The number of hydrogen-bond donors (Lipinski definition) is 1. The Morgan fingerprint density at radius 2 is 2.05 bits per heavy atom. The van der Waals surface area contributed by atoms with Gasteiger partial charge in [0.15, 0.2) is 0 Å². The Hall–Kier alpha value is -1.14. The number of anilines is 2. The first-order chi connectivity index (χ1) is 10.1. The number of nitrogen functional groups attached to an aromatic ring is 1. The third-order valence-corrected chi connectivity index (χ3v) is 6.20. The van der Waals surface area contributed by atoms with Crippen molar-refractivity contribution in [2.24, 2.45) is 11.8 Å². The van der Waals surface area contributed by atoms with Crippen LogP contribution in [0.3, 0.4) is 0 Å². The molecule has 4 nitrogen and oxygen atoms in total. The third kappa shape index (κ3) is 2.92. The quantitative estimate of drug-likeness (QED) is 0.927. The molecule has 3 heterocycles. The molecule has 114 valence electrons. The highest BCUT2D eigenvalue weighted by atomic mass is 32.1. The molecule has 21 heavy (non-hydrogen) atoms. The van der Waals surface area contributed by atoms with Gasteiger partial charge < -0.3 is 10.6 Å². The highest BCUT2D eigenvalue weighted by molar-refractivity contribution is 7.15. The third-order valence-electron chi connectivity index (χ3n) is 4.30. The van der Waals surface area contributed by atoms with Crippen molar-refractivity contribution >= 4 is 33.7 Å². The molecule has 0 atom stereocenters. The van der Waals surface area contributed by atoms with Crippen LogP contribution in [-0.4, -0.2) is 22.4 Å². The number of hydrogen-bond acceptors (Lipinski definition) is 6. The van der Waals surface area contributed by atoms with Gasteiger partial charge in [0.05, 0.1) is 5.56 Å². The monoisotopic (exact) mass is 322 g/mol. The lowest BCUT2D eigenvalue weighted by atomic mass is 9.87. The predicted molar refractivity (Wildman–Crippen MR) is 92.1 cm³/mol. The van der Waals surface area contributed by atoms with Gasteiger partial charge in [0, 0.05) is 24.2 Å². The molecule has 0 radical (unpaired) electrons. The van der Waals surface area contributed by atoms with Gasteiger partial charge >= 0.3 is 0 Å². The zero-order valence-corrected chi connectivity index (χ0v) is 14.4. The number of piperidine rings is 1. The molecule has 0 bridgehead atoms. The molecule has 2 N–H and O–H groups in total. The minimum Gasteiger partial charge on any atom is -0.382 e. The fraction of sp³-hybridized carbons (Fsp3) is 0.600. The maximum absolute atomic E-state index is 6.10. The number of nitrogens with zero attached hydrogens (tertiary/aromatic N) is 3. The SMILES string of the molecule is Cc1csc(-c2c(N)nsc2N2CCC(C(C)C)CC2)n1. The second kappa shape index (κ2) is 5.93. The fourth-order valence-electron chi connectivity index (χ4n) is 2.95. The number of nitrogens with two attached hydrogens (primary N) is 1. The van der Waals surface area contributed by atoms with E-state index in [0.29, 0.717) is 5.82 Å². The van der Waals surface area contributed by atoms with E-state index in [-0.39, 0.29) is 0 Å². The molecule has 0 aromatic carbocycles. The zero-order valence-electron chi connectivity index (χ0n) is 12.8. The summed E-state index contributed by atoms with van der Waals surface area (Å²) in [4.78, 5) is 7.03. The van der Waals surface area contributed by atoms with Crippen LogP contribution >= 0.6 is 22.9 Å². The van der Waals surface area contributed by atoms with Crippen molar-refractivity contribution in [3.63, 3.8) is 0 Å². The van der Waals surface area contributed by atoms with Crippen LogP contribution in [0, 0.1) is 18.8 Å². The molecular formula is C15H22N4S2. The van der Waals surface area contributed by atoms with Crippen LogP contribution < -0.4 is 10.6 Å². The van der Waals surface area contributed by atoms with Gasteiger partial charge in [-0.2, -0.15) is 4.37 Å². The largest absolute Gasteiger partial charge is 0.382 e. The van der Waals surface area contributed by atoms with Gasteiger partial charge in [-0.15, -0.1) is 11.3 Å². The molecule has 0 unspecified atom stereocenters. The van der Waals surface area contributed by atoms with Crippen molar-refractivity contribution in [2.45, 2.75) is 33.6 Å². The average molecular weight is 323 g/mol. The molecule has 2 aromatic heterocycles. The first kappa shape index (κ1) is 14.8. The Morgan fingerprint density at radius 1 is 1.33 bits per heavy atom. The Labute approximate surface area is 134 Å². The first-order valence-corrected chi connectivity index (χ1v) is 9.14. The van der Waals surface area contributed by atoms with Crippen LogP contribution in [0.15, 0.2) is 5.38 Å². The van der Waals surface area contributed by atoms with E-state index in [9.17, 15) is 0 Å². The van der Waals surface area contributed by atoms with Crippen molar-refractivity contribution in [1.82, 2.24) is 9.36 Å². The van der Waals surface area contributed by atoms with Crippen LogP contribution in [-0.2, 0) is 0 Å². The summed E-state index contributed by atoms with van der Waals surface area (Å²) in [7, 11) is 0. The van der Waals surface area contributed by atoms with Crippen LogP contribution in [0.5, 0.6) is 0 Å². The molecule has 1 fully saturated rings. The van der Waals surface area contributed by atoms with Gasteiger partial charge in [0.2, 0.25) is 0 Å². The van der Waals surface area contributed by atoms with E-state index >= 15 is 0 Å². The second-order valence-corrected chi connectivity index (χ2v) is 7.72. The maximum Gasteiger partial charge on any atom is 0.149 e. The molecule has 1 aliphatic heterocycles. The van der Waals surface area contributed by atoms with Crippen molar-refractivity contribution in [1.29, 1.82) is 0 Å². The molecule has 6 heteroatoms. The summed E-state index contributed by atoms with van der Waals surface area (Å²) in [6, 6.07) is 0. The Bertz CT molecular complexity index is 609. The lowest BCUT2D eigenvalue weighted by molar-refractivity contribution is 0.312. The average Bonchev–Trinajstić information content (AvgIpc) is 3.04. The fourth-order valence-corrected chi connectivity index (χ4v) is 4.73. The summed E-state index contributed by atoms with van der Waals surface area (Å²) >= 11 is 3.17. The number of aromatic nitrogens is 2. The summed E-state index contributed by atoms with van der Waals surface area (Å²) in [5.74, 6) is 2.24. The predicted octanol–water partition coefficient (Wildman–Crippen LogP) is 4.03. The van der Waals surface area contributed by atoms with Crippen LogP contribution in [0.4, 0.5) is 10.8 Å². The van der Waals surface area contributed by atoms with E-state index in [1.165, 1.54) is 29.4 Å². The minimum atomic E-state index is 0.621. The summed E-state index contributed by atoms with van der Waals surface area (Å²) < 4.78 is 4.38. The van der Waals surface area contributed by atoms with Crippen LogP contribution in [0.2, 0.25) is 0 Å². The molecule has 1 saturated heterocycles. The lowest BCUT2D eigenvalue weighted by Crippen LogP contribution is -2.35. The maximum atomic E-state index is 6.10. The standard InChI is InChI=1S/C15H22N4S2/c1-9(2)11-4-6-19(7-5-11)15-12(13(16)18-21-15)14-17-10(3)8-20-14/h8-9,11H,4-7H2,1-3H3,(H2,16,18). The molecule has 0 amide bonds.